The van der Waals surface area contributed by atoms with Crippen LogP contribution in [-0.2, 0) is 11.3 Å². The standard InChI is InChI=1S/C26H29ClN6O3/c1-36-19-8-13(11-33-7-6-16(34)12-33)2-5-17(19)25-31-23-22(18(27)10-29-26(23)32-25)30-21-15-4-3-14(9-15)20(21)24(28)35/h2-5,8,10,14-16,20-21,34H,6-7,9,11-12H2,1H3,(H2,28,35)(H2,29,30,31,32)/t14-,15+,16+,20+,21-/m1/s1. The average Bonchev–Trinajstić information content (AvgIpc) is 3.65. The number of allylic oxidation sites excluding steroid dienone is 1. The molecule has 9 nitrogen and oxygen atoms in total. The molecule has 10 heteroatoms. The predicted octanol–water partition coefficient (Wildman–Crippen LogP) is 2.94. The number of likely N-dealkylation sites (tertiary alicyclic amines) is 1. The molecule has 2 aliphatic carbocycles. The zero-order valence-electron chi connectivity index (χ0n) is 19.9. The summed E-state index contributed by atoms with van der Waals surface area (Å²) in [6.45, 7) is 2.31. The largest absolute Gasteiger partial charge is 0.496 e. The number of amides is 1. The molecule has 0 spiro atoms. The summed E-state index contributed by atoms with van der Waals surface area (Å²) in [6, 6.07) is 5.90. The van der Waals surface area contributed by atoms with Gasteiger partial charge in [-0.2, -0.15) is 0 Å². The number of carbonyl (C=O) groups is 1. The predicted molar refractivity (Wildman–Crippen MR) is 138 cm³/mol. The fourth-order valence-electron chi connectivity index (χ4n) is 6.02. The number of aromatic amines is 1. The lowest BCUT2D eigenvalue weighted by Crippen LogP contribution is -2.41. The topological polar surface area (TPSA) is 129 Å². The summed E-state index contributed by atoms with van der Waals surface area (Å²) in [7, 11) is 1.64. The lowest BCUT2D eigenvalue weighted by Gasteiger charge is -2.28. The van der Waals surface area contributed by atoms with E-state index in [0.29, 0.717) is 40.0 Å². The van der Waals surface area contributed by atoms with E-state index in [9.17, 15) is 9.90 Å². The normalized spacial score (nSPS) is 27.2. The first-order valence-corrected chi connectivity index (χ1v) is 12.6. The van der Waals surface area contributed by atoms with Crippen molar-refractivity contribution >= 4 is 34.4 Å². The summed E-state index contributed by atoms with van der Waals surface area (Å²) in [6.07, 6.45) is 7.28. The number of primary amides is 1. The number of hydrogen-bond donors (Lipinski definition) is 4. The molecule has 0 unspecified atom stereocenters. The molecule has 2 aromatic heterocycles. The Hall–Kier alpha value is -3.14. The Morgan fingerprint density at radius 2 is 2.19 bits per heavy atom. The summed E-state index contributed by atoms with van der Waals surface area (Å²) in [5.74, 6) is 1.10. The van der Waals surface area contributed by atoms with Crippen molar-refractivity contribution in [3.8, 4) is 17.1 Å². The molecule has 2 fully saturated rings. The number of nitrogens with one attached hydrogen (secondary N) is 2. The number of pyridine rings is 1. The number of hydrogen-bond acceptors (Lipinski definition) is 7. The van der Waals surface area contributed by atoms with Gasteiger partial charge in [0, 0.05) is 25.7 Å². The number of fused-ring (bicyclic) bond motifs is 3. The van der Waals surface area contributed by atoms with Gasteiger partial charge in [-0.05, 0) is 42.4 Å². The third-order valence-corrected chi connectivity index (χ3v) is 8.03. The van der Waals surface area contributed by atoms with Crippen molar-refractivity contribution in [2.24, 2.45) is 23.5 Å². The first kappa shape index (κ1) is 23.3. The number of anilines is 1. The number of carbonyl (C=O) groups excluding carboxylic acids is 1. The Balaban J connectivity index is 1.32. The van der Waals surface area contributed by atoms with Crippen molar-refractivity contribution in [2.75, 3.05) is 25.5 Å². The van der Waals surface area contributed by atoms with Gasteiger partial charge in [0.15, 0.2) is 5.65 Å². The number of rotatable bonds is 7. The van der Waals surface area contributed by atoms with Crippen molar-refractivity contribution in [1.82, 2.24) is 19.9 Å². The molecule has 5 atom stereocenters. The van der Waals surface area contributed by atoms with Crippen molar-refractivity contribution < 1.29 is 14.6 Å². The molecule has 1 aromatic carbocycles. The molecule has 3 aromatic rings. The molecule has 3 heterocycles. The van der Waals surface area contributed by atoms with Crippen LogP contribution in [0.2, 0.25) is 5.02 Å². The number of β-amino-alcohol motifs (C(OH)–C–C–N with tert-alkyl or cyclic N) is 1. The number of ether oxygens (including phenoxy) is 1. The lowest BCUT2D eigenvalue weighted by atomic mass is 9.88. The molecule has 0 radical (unpaired) electrons. The SMILES string of the molecule is COc1cc(CN2CC[C@H](O)C2)ccc1-c1nc2ncc(Cl)c(N[C@H]3[C@@H](C(N)=O)[C@@H]4C=C[C@H]3C4)c2[nH]1. The summed E-state index contributed by atoms with van der Waals surface area (Å²) in [4.78, 5) is 27.0. The van der Waals surface area contributed by atoms with Crippen LogP contribution in [0, 0.1) is 17.8 Å². The van der Waals surface area contributed by atoms with E-state index in [1.54, 1.807) is 13.3 Å². The van der Waals surface area contributed by atoms with Crippen LogP contribution < -0.4 is 15.8 Å². The maximum absolute atomic E-state index is 12.2. The zero-order chi connectivity index (χ0) is 25.0. The molecule has 3 aliphatic rings. The number of nitrogens with two attached hydrogens (primary N) is 1. The molecular formula is C26H29ClN6O3. The van der Waals surface area contributed by atoms with Crippen LogP contribution >= 0.6 is 11.6 Å². The molecule has 36 heavy (non-hydrogen) atoms. The third-order valence-electron chi connectivity index (χ3n) is 7.75. The number of methoxy groups -OCH3 is 1. The highest BCUT2D eigenvalue weighted by molar-refractivity contribution is 6.34. The number of H-pyrrole nitrogens is 1. The lowest BCUT2D eigenvalue weighted by molar-refractivity contribution is -0.122. The molecule has 5 N–H and O–H groups in total. The number of aromatic nitrogens is 3. The van der Waals surface area contributed by atoms with Gasteiger partial charge in [0.25, 0.3) is 0 Å². The van der Waals surface area contributed by atoms with Gasteiger partial charge in [-0.3, -0.25) is 9.69 Å². The summed E-state index contributed by atoms with van der Waals surface area (Å²) >= 11 is 6.58. The van der Waals surface area contributed by atoms with Crippen molar-refractivity contribution in [3.63, 3.8) is 0 Å². The van der Waals surface area contributed by atoms with Gasteiger partial charge < -0.3 is 25.9 Å². The number of aliphatic hydroxyl groups excluding tert-OH is 1. The Kier molecular flexibility index (Phi) is 5.86. The van der Waals surface area contributed by atoms with E-state index in [4.69, 9.17) is 27.1 Å². The monoisotopic (exact) mass is 508 g/mol. The Morgan fingerprint density at radius 3 is 2.94 bits per heavy atom. The van der Waals surface area contributed by atoms with Gasteiger partial charge >= 0.3 is 0 Å². The summed E-state index contributed by atoms with van der Waals surface area (Å²) < 4.78 is 5.71. The fourth-order valence-corrected chi connectivity index (χ4v) is 6.22. The maximum atomic E-state index is 12.2. The van der Waals surface area contributed by atoms with Crippen molar-refractivity contribution in [2.45, 2.75) is 31.5 Å². The fraction of sp³-hybridized carbons (Fsp3) is 0.423. The Morgan fingerprint density at radius 1 is 1.36 bits per heavy atom. The van der Waals surface area contributed by atoms with Gasteiger partial charge in [0.1, 0.15) is 17.1 Å². The highest BCUT2D eigenvalue weighted by atomic mass is 35.5. The smallest absolute Gasteiger partial charge is 0.223 e. The summed E-state index contributed by atoms with van der Waals surface area (Å²) in [5.41, 5.74) is 9.52. The van der Waals surface area contributed by atoms with Gasteiger partial charge in [0.2, 0.25) is 5.91 Å². The van der Waals surface area contributed by atoms with Crippen molar-refractivity contribution in [3.05, 3.63) is 47.1 Å². The molecule has 2 bridgehead atoms. The first-order valence-electron chi connectivity index (χ1n) is 12.3. The van der Waals surface area contributed by atoms with Gasteiger partial charge in [0.05, 0.1) is 41.6 Å². The second kappa shape index (κ2) is 9.06. The van der Waals surface area contributed by atoms with E-state index in [0.717, 1.165) is 37.1 Å². The van der Waals surface area contributed by atoms with Gasteiger partial charge in [-0.1, -0.05) is 29.8 Å². The second-order valence-corrected chi connectivity index (χ2v) is 10.4. The van der Waals surface area contributed by atoms with E-state index in [1.165, 1.54) is 0 Å². The van der Waals surface area contributed by atoms with Crippen LogP contribution in [-0.4, -0.2) is 63.2 Å². The number of halogens is 1. The summed E-state index contributed by atoms with van der Waals surface area (Å²) in [5, 5.41) is 13.8. The second-order valence-electron chi connectivity index (χ2n) is 10.0. The van der Waals surface area contributed by atoms with Crippen LogP contribution in [0.3, 0.4) is 0 Å². The molecule has 188 valence electrons. The Labute approximate surface area is 213 Å². The number of imidazole rings is 1. The van der Waals surface area contributed by atoms with E-state index >= 15 is 0 Å². The average molecular weight is 509 g/mol. The van der Waals surface area contributed by atoms with Gasteiger partial charge in [-0.15, -0.1) is 0 Å². The minimum atomic E-state index is -0.302. The maximum Gasteiger partial charge on any atom is 0.223 e. The van der Waals surface area contributed by atoms with Crippen LogP contribution in [0.25, 0.3) is 22.6 Å². The van der Waals surface area contributed by atoms with E-state index in [2.05, 4.69) is 32.3 Å². The van der Waals surface area contributed by atoms with E-state index < -0.39 is 0 Å². The van der Waals surface area contributed by atoms with Crippen molar-refractivity contribution in [1.29, 1.82) is 0 Å². The van der Waals surface area contributed by atoms with Crippen LogP contribution in [0.15, 0.2) is 36.5 Å². The van der Waals surface area contributed by atoms with E-state index in [-0.39, 0.29) is 35.8 Å². The number of benzene rings is 1. The molecular weight excluding hydrogens is 480 g/mol. The molecule has 1 aliphatic heterocycles. The number of aliphatic hydroxyl groups is 1. The number of nitrogens with zero attached hydrogens (tertiary/aromatic N) is 3. The first-order chi connectivity index (χ1) is 17.4. The molecule has 6 rings (SSSR count). The minimum Gasteiger partial charge on any atom is -0.496 e. The van der Waals surface area contributed by atoms with Crippen LogP contribution in [0.4, 0.5) is 5.69 Å². The van der Waals surface area contributed by atoms with E-state index in [1.807, 2.05) is 18.2 Å². The zero-order valence-corrected chi connectivity index (χ0v) is 20.7. The minimum absolute atomic E-state index is 0.134. The van der Waals surface area contributed by atoms with Crippen LogP contribution in [0.5, 0.6) is 5.75 Å². The third kappa shape index (κ3) is 4.01. The molecule has 1 saturated carbocycles. The molecule has 1 amide bonds. The Bertz CT molecular complexity index is 1360. The van der Waals surface area contributed by atoms with Crippen LogP contribution in [0.1, 0.15) is 18.4 Å². The molecule has 1 saturated heterocycles. The quantitative estimate of drug-likeness (QED) is 0.361. The van der Waals surface area contributed by atoms with Gasteiger partial charge in [-0.25, -0.2) is 9.97 Å². The highest BCUT2D eigenvalue weighted by Gasteiger charge is 2.47. The highest BCUT2D eigenvalue weighted by Crippen LogP contribution is 2.46.